The topological polar surface area (TPSA) is 91.9 Å². The summed E-state index contributed by atoms with van der Waals surface area (Å²) >= 11 is 12.8. The van der Waals surface area contributed by atoms with Gasteiger partial charge in [0.05, 0.1) is 36.4 Å². The maximum atomic E-state index is 13.5. The van der Waals surface area contributed by atoms with Crippen LogP contribution >= 0.6 is 23.2 Å². The molecule has 1 saturated heterocycles. The van der Waals surface area contributed by atoms with Gasteiger partial charge in [-0.05, 0) is 24.3 Å². The van der Waals surface area contributed by atoms with Crippen molar-refractivity contribution < 1.29 is 24.2 Å². The average molecular weight is 523 g/mol. The van der Waals surface area contributed by atoms with Gasteiger partial charge in [0.15, 0.2) is 11.5 Å². The van der Waals surface area contributed by atoms with Crippen LogP contribution in [-0.2, 0) is 9.59 Å². The first-order valence-corrected chi connectivity index (χ1v) is 11.7. The molecule has 182 valence electrons. The van der Waals surface area contributed by atoms with E-state index < -0.39 is 23.5 Å². The molecule has 7 nitrogen and oxygen atoms in total. The van der Waals surface area contributed by atoms with Crippen molar-refractivity contribution in [1.29, 1.82) is 0 Å². The number of aliphatic hydroxyl groups excluding tert-OH is 1. The van der Waals surface area contributed by atoms with Crippen LogP contribution in [0.1, 0.15) is 17.2 Å². The molecule has 36 heavy (non-hydrogen) atoms. The molecule has 1 fully saturated rings. The second kappa shape index (κ2) is 9.26. The first kappa shape index (κ1) is 23.8. The minimum Gasteiger partial charge on any atom is -0.507 e. The minimum atomic E-state index is -0.937. The summed E-state index contributed by atoms with van der Waals surface area (Å²) < 4.78 is 10.7. The average Bonchev–Trinajstić information content (AvgIpc) is 3.42. The van der Waals surface area contributed by atoms with Crippen LogP contribution in [0.5, 0.6) is 11.5 Å². The Morgan fingerprint density at radius 2 is 1.64 bits per heavy atom. The van der Waals surface area contributed by atoms with Gasteiger partial charge in [-0.3, -0.25) is 14.5 Å². The number of para-hydroxylation sites is 2. The van der Waals surface area contributed by atoms with Gasteiger partial charge >= 0.3 is 0 Å². The van der Waals surface area contributed by atoms with E-state index in [-0.39, 0.29) is 32.7 Å². The van der Waals surface area contributed by atoms with E-state index in [9.17, 15) is 14.7 Å². The summed E-state index contributed by atoms with van der Waals surface area (Å²) in [6, 6.07) is 16.8. The van der Waals surface area contributed by atoms with Gasteiger partial charge in [-0.15, -0.1) is 0 Å². The van der Waals surface area contributed by atoms with Crippen LogP contribution in [0.2, 0.25) is 10.0 Å². The van der Waals surface area contributed by atoms with Crippen molar-refractivity contribution in [2.24, 2.45) is 0 Å². The number of anilines is 1. The summed E-state index contributed by atoms with van der Waals surface area (Å²) in [4.78, 5) is 31.4. The Kier molecular flexibility index (Phi) is 6.12. The molecule has 4 aromatic rings. The monoisotopic (exact) mass is 522 g/mol. The second-order valence-electron chi connectivity index (χ2n) is 8.08. The zero-order valence-corrected chi connectivity index (χ0v) is 20.7. The molecule has 3 aromatic carbocycles. The number of nitrogens with one attached hydrogen (secondary N) is 1. The van der Waals surface area contributed by atoms with E-state index in [2.05, 4.69) is 4.98 Å². The summed E-state index contributed by atoms with van der Waals surface area (Å²) in [5.41, 5.74) is 1.90. The minimum absolute atomic E-state index is 0.0231. The van der Waals surface area contributed by atoms with Crippen LogP contribution in [0.4, 0.5) is 5.69 Å². The lowest BCUT2D eigenvalue weighted by molar-refractivity contribution is -0.132. The molecule has 0 radical (unpaired) electrons. The predicted octanol–water partition coefficient (Wildman–Crippen LogP) is 6.12. The third kappa shape index (κ3) is 3.59. The highest BCUT2D eigenvalue weighted by Crippen LogP contribution is 2.48. The van der Waals surface area contributed by atoms with E-state index in [0.717, 1.165) is 10.9 Å². The molecular formula is C27H20Cl2N2O5. The van der Waals surface area contributed by atoms with Gasteiger partial charge in [0.25, 0.3) is 11.7 Å². The van der Waals surface area contributed by atoms with Crippen LogP contribution in [-0.4, -0.2) is 36.0 Å². The van der Waals surface area contributed by atoms with E-state index in [4.69, 9.17) is 32.7 Å². The fourth-order valence-corrected chi connectivity index (χ4v) is 5.28. The molecule has 1 amide bonds. The number of aliphatic hydroxyl groups is 1. The first-order valence-electron chi connectivity index (χ1n) is 10.9. The van der Waals surface area contributed by atoms with Crippen LogP contribution < -0.4 is 14.4 Å². The van der Waals surface area contributed by atoms with Crippen LogP contribution in [0.25, 0.3) is 16.7 Å². The highest BCUT2D eigenvalue weighted by Gasteiger charge is 2.48. The van der Waals surface area contributed by atoms with Crippen molar-refractivity contribution in [3.8, 4) is 11.5 Å². The Labute approximate surface area is 216 Å². The van der Waals surface area contributed by atoms with Crippen molar-refractivity contribution >= 4 is 57.2 Å². The summed E-state index contributed by atoms with van der Waals surface area (Å²) in [5, 5.41) is 12.5. The highest BCUT2D eigenvalue weighted by atomic mass is 35.5. The number of ether oxygens (including phenoxy) is 2. The summed E-state index contributed by atoms with van der Waals surface area (Å²) in [7, 11) is 2.76. The van der Waals surface area contributed by atoms with Crippen molar-refractivity contribution in [3.63, 3.8) is 0 Å². The smallest absolute Gasteiger partial charge is 0.300 e. The summed E-state index contributed by atoms with van der Waals surface area (Å²) in [6.07, 6.45) is 1.73. The Morgan fingerprint density at radius 3 is 2.33 bits per heavy atom. The molecule has 1 aromatic heterocycles. The van der Waals surface area contributed by atoms with Gasteiger partial charge in [-0.25, -0.2) is 0 Å². The van der Waals surface area contributed by atoms with E-state index >= 15 is 0 Å². The normalized spacial score (nSPS) is 17.1. The number of hydrogen-bond donors (Lipinski definition) is 2. The molecule has 5 rings (SSSR count). The fraction of sp³-hybridized carbons (Fsp3) is 0.111. The molecule has 9 heteroatoms. The second-order valence-corrected chi connectivity index (χ2v) is 8.87. The number of H-pyrrole nitrogens is 1. The lowest BCUT2D eigenvalue weighted by Crippen LogP contribution is -2.29. The predicted molar refractivity (Wildman–Crippen MR) is 139 cm³/mol. The van der Waals surface area contributed by atoms with Gasteiger partial charge in [0.1, 0.15) is 10.8 Å². The van der Waals surface area contributed by atoms with Crippen molar-refractivity contribution in [3.05, 3.63) is 93.6 Å². The number of rotatable bonds is 5. The standard InChI is InChI=1S/C27H20Cl2N2O5/c1-35-25-16(12-18(28)26(36-2)21(25)29)23(32)20-22(17-13-30-19-11-7-6-10-15(17)19)31(27(34)24(20)33)14-8-4-3-5-9-14/h3-13,22,30,32H,1-2H3/b23-20+. The molecule has 0 aliphatic carbocycles. The molecule has 0 spiro atoms. The third-order valence-corrected chi connectivity index (χ3v) is 6.81. The molecule has 0 bridgehead atoms. The van der Waals surface area contributed by atoms with Crippen molar-refractivity contribution in [2.45, 2.75) is 6.04 Å². The van der Waals surface area contributed by atoms with Crippen LogP contribution in [0.15, 0.2) is 72.4 Å². The SMILES string of the molecule is COc1c(Cl)cc(/C(O)=C2\C(=O)C(=O)N(c3ccccc3)C2c2c[nH]c3ccccc23)c(OC)c1Cl. The quantitative estimate of drug-likeness (QED) is 0.187. The number of nitrogens with zero attached hydrogens (tertiary/aromatic N) is 1. The molecule has 1 aliphatic rings. The molecule has 2 heterocycles. The Morgan fingerprint density at radius 1 is 0.972 bits per heavy atom. The number of halogens is 2. The van der Waals surface area contributed by atoms with Crippen molar-refractivity contribution in [1.82, 2.24) is 4.98 Å². The zero-order chi connectivity index (χ0) is 25.6. The highest BCUT2D eigenvalue weighted by molar-refractivity contribution is 6.52. The number of amides is 1. The van der Waals surface area contributed by atoms with Gasteiger partial charge in [0.2, 0.25) is 0 Å². The fourth-order valence-electron chi connectivity index (χ4n) is 4.59. The molecule has 1 atom stereocenters. The first-order chi connectivity index (χ1) is 17.4. The maximum absolute atomic E-state index is 13.5. The van der Waals surface area contributed by atoms with Crippen LogP contribution in [0, 0.1) is 0 Å². The number of hydrogen-bond acceptors (Lipinski definition) is 5. The maximum Gasteiger partial charge on any atom is 0.300 e. The number of carbonyl (C=O) groups excluding carboxylic acids is 2. The molecular weight excluding hydrogens is 503 g/mol. The zero-order valence-electron chi connectivity index (χ0n) is 19.2. The van der Waals surface area contributed by atoms with Crippen molar-refractivity contribution in [2.75, 3.05) is 19.1 Å². The van der Waals surface area contributed by atoms with E-state index in [0.29, 0.717) is 11.3 Å². The van der Waals surface area contributed by atoms with E-state index in [1.165, 1.54) is 25.2 Å². The van der Waals surface area contributed by atoms with Gasteiger partial charge in [-0.1, -0.05) is 59.6 Å². The Balaban J connectivity index is 1.82. The number of aromatic nitrogens is 1. The number of aromatic amines is 1. The number of ketones is 1. The van der Waals surface area contributed by atoms with Gasteiger partial charge in [0, 0.05) is 28.4 Å². The lowest BCUT2D eigenvalue weighted by Gasteiger charge is -2.25. The van der Waals surface area contributed by atoms with E-state index in [1.807, 2.05) is 30.3 Å². The molecule has 1 unspecified atom stereocenters. The number of benzene rings is 3. The number of Topliss-reactive ketones (excluding diaryl/α,β-unsaturated/α-hetero) is 1. The summed E-state index contributed by atoms with van der Waals surface area (Å²) in [6.45, 7) is 0. The van der Waals surface area contributed by atoms with E-state index in [1.54, 1.807) is 30.5 Å². The Hall–Kier alpha value is -3.94. The number of carbonyl (C=O) groups is 2. The van der Waals surface area contributed by atoms with Crippen LogP contribution in [0.3, 0.4) is 0 Å². The van der Waals surface area contributed by atoms with Gasteiger partial charge < -0.3 is 19.6 Å². The lowest BCUT2D eigenvalue weighted by atomic mass is 9.94. The molecule has 1 aliphatic heterocycles. The molecule has 0 saturated carbocycles. The van der Waals surface area contributed by atoms with Gasteiger partial charge in [-0.2, -0.15) is 0 Å². The summed E-state index contributed by atoms with van der Waals surface area (Å²) in [5.74, 6) is -1.88. The number of fused-ring (bicyclic) bond motifs is 1. The Bertz CT molecular complexity index is 1540. The third-order valence-electron chi connectivity index (χ3n) is 6.19. The largest absolute Gasteiger partial charge is 0.507 e. The molecule has 2 N–H and O–H groups in total. The number of methoxy groups -OCH3 is 2.